The Labute approximate surface area is 111 Å². The highest BCUT2D eigenvalue weighted by Gasteiger charge is 2.43. The van der Waals surface area contributed by atoms with Crippen LogP contribution in [0, 0.1) is 0 Å². The van der Waals surface area contributed by atoms with Gasteiger partial charge in [-0.1, -0.05) is 0 Å². The van der Waals surface area contributed by atoms with Crippen molar-refractivity contribution < 1.29 is 24.9 Å². The van der Waals surface area contributed by atoms with Gasteiger partial charge in [0.25, 0.3) is 11.5 Å². The lowest BCUT2D eigenvalue weighted by Crippen LogP contribution is -2.40. The van der Waals surface area contributed by atoms with Crippen molar-refractivity contribution in [2.24, 2.45) is 5.73 Å². The fourth-order valence-electron chi connectivity index (χ4n) is 1.96. The Morgan fingerprint density at radius 2 is 2.05 bits per heavy atom. The number of hydrogen-bond donors (Lipinski definition) is 5. The van der Waals surface area contributed by atoms with Crippen LogP contribution in [0.3, 0.4) is 0 Å². The zero-order chi connectivity index (χ0) is 15.0. The van der Waals surface area contributed by atoms with E-state index < -0.39 is 53.9 Å². The van der Waals surface area contributed by atoms with E-state index in [1.807, 2.05) is 4.98 Å². The predicted octanol–water partition coefficient (Wildman–Crippen LogP) is -3.75. The Morgan fingerprint density at radius 3 is 2.55 bits per heavy atom. The molecule has 6 N–H and O–H groups in total. The molecule has 1 amide bonds. The molecule has 0 aromatic carbocycles. The first-order valence-corrected chi connectivity index (χ1v) is 5.64. The number of ether oxygens (including phenoxy) is 1. The number of aliphatic hydroxyl groups is 3. The van der Waals surface area contributed by atoms with Gasteiger partial charge in [0.15, 0.2) is 6.23 Å². The zero-order valence-electron chi connectivity index (χ0n) is 10.1. The van der Waals surface area contributed by atoms with Crippen LogP contribution in [0.25, 0.3) is 0 Å². The van der Waals surface area contributed by atoms with Crippen molar-refractivity contribution >= 4 is 5.91 Å². The van der Waals surface area contributed by atoms with Gasteiger partial charge in [0, 0.05) is 6.20 Å². The lowest BCUT2D eigenvalue weighted by Gasteiger charge is -2.17. The number of rotatable bonds is 3. The first kappa shape index (κ1) is 14.4. The Morgan fingerprint density at radius 1 is 1.40 bits per heavy atom. The molecule has 110 valence electrons. The minimum Gasteiger partial charge on any atom is -0.394 e. The molecule has 0 aliphatic carbocycles. The summed E-state index contributed by atoms with van der Waals surface area (Å²) in [4.78, 5) is 35.9. The van der Waals surface area contributed by atoms with Crippen LogP contribution in [0.4, 0.5) is 0 Å². The van der Waals surface area contributed by atoms with E-state index in [2.05, 4.69) is 0 Å². The van der Waals surface area contributed by atoms with E-state index in [4.69, 9.17) is 15.6 Å². The van der Waals surface area contributed by atoms with Crippen LogP contribution in [0.5, 0.6) is 0 Å². The largest absolute Gasteiger partial charge is 0.394 e. The van der Waals surface area contributed by atoms with Crippen molar-refractivity contribution in [3.05, 3.63) is 32.6 Å². The Bertz CT molecular complexity index is 636. The molecule has 0 bridgehead atoms. The smallest absolute Gasteiger partial charge is 0.330 e. The molecule has 1 saturated heterocycles. The zero-order valence-corrected chi connectivity index (χ0v) is 10.1. The van der Waals surface area contributed by atoms with E-state index in [-0.39, 0.29) is 0 Å². The van der Waals surface area contributed by atoms with Crippen LogP contribution in [-0.2, 0) is 4.74 Å². The van der Waals surface area contributed by atoms with Crippen LogP contribution in [0.1, 0.15) is 16.6 Å². The highest BCUT2D eigenvalue weighted by molar-refractivity contribution is 5.91. The van der Waals surface area contributed by atoms with Gasteiger partial charge in [0.1, 0.15) is 23.9 Å². The minimum absolute atomic E-state index is 0.498. The lowest BCUT2D eigenvalue weighted by molar-refractivity contribution is -0.0551. The summed E-state index contributed by atoms with van der Waals surface area (Å²) in [6.07, 6.45) is -4.54. The Balaban J connectivity index is 2.48. The molecule has 1 aromatic rings. The molecule has 0 unspecified atom stereocenters. The molecule has 1 aliphatic heterocycles. The number of carbonyl (C=O) groups is 1. The van der Waals surface area contributed by atoms with E-state index in [1.165, 1.54) is 0 Å². The molecule has 0 saturated carbocycles. The molecule has 1 aromatic heterocycles. The summed E-state index contributed by atoms with van der Waals surface area (Å²) < 4.78 is 5.84. The number of hydrogen-bond acceptors (Lipinski definition) is 7. The van der Waals surface area contributed by atoms with Crippen LogP contribution < -0.4 is 17.0 Å². The Hall–Kier alpha value is -2.01. The second-order valence-corrected chi connectivity index (χ2v) is 4.30. The van der Waals surface area contributed by atoms with E-state index >= 15 is 0 Å². The topological polar surface area (TPSA) is 168 Å². The van der Waals surface area contributed by atoms with Gasteiger partial charge >= 0.3 is 5.69 Å². The average molecular weight is 287 g/mol. The normalized spacial score (nSPS) is 29.6. The van der Waals surface area contributed by atoms with E-state index in [0.717, 1.165) is 10.8 Å². The van der Waals surface area contributed by atoms with Crippen molar-refractivity contribution in [1.29, 1.82) is 0 Å². The Kier molecular flexibility index (Phi) is 3.72. The first-order chi connectivity index (χ1) is 9.36. The van der Waals surface area contributed by atoms with Crippen LogP contribution >= 0.6 is 0 Å². The van der Waals surface area contributed by atoms with E-state index in [0.29, 0.717) is 0 Å². The van der Waals surface area contributed by atoms with Gasteiger partial charge in [0.05, 0.1) is 6.61 Å². The van der Waals surface area contributed by atoms with Crippen LogP contribution in [-0.4, -0.2) is 55.7 Å². The summed E-state index contributed by atoms with van der Waals surface area (Å²) in [6, 6.07) is 0. The molecule has 10 nitrogen and oxygen atoms in total. The van der Waals surface area contributed by atoms with Gasteiger partial charge < -0.3 is 25.8 Å². The first-order valence-electron chi connectivity index (χ1n) is 5.64. The SMILES string of the molecule is NC(=O)c1cn([C@@H]2O[C@H](CO)[C@H](O)[C@H]2O)c(=O)[nH]c1=O. The number of nitrogens with two attached hydrogens (primary N) is 1. The number of aliphatic hydroxyl groups excluding tert-OH is 3. The number of carbonyl (C=O) groups excluding carboxylic acids is 1. The van der Waals surface area contributed by atoms with Gasteiger partial charge in [-0.15, -0.1) is 0 Å². The summed E-state index contributed by atoms with van der Waals surface area (Å²) in [5.74, 6) is -1.06. The number of nitrogens with one attached hydrogen (secondary N) is 1. The summed E-state index contributed by atoms with van der Waals surface area (Å²) in [7, 11) is 0. The molecule has 2 rings (SSSR count). The number of aromatic amines is 1. The van der Waals surface area contributed by atoms with Gasteiger partial charge in [-0.05, 0) is 0 Å². The molecule has 0 radical (unpaired) electrons. The van der Waals surface area contributed by atoms with Crippen LogP contribution in [0.2, 0.25) is 0 Å². The molecule has 2 heterocycles. The van der Waals surface area contributed by atoms with Crippen molar-refractivity contribution in [3.8, 4) is 0 Å². The third-order valence-electron chi connectivity index (χ3n) is 3.02. The van der Waals surface area contributed by atoms with E-state index in [1.54, 1.807) is 0 Å². The fraction of sp³-hybridized carbons (Fsp3) is 0.500. The maximum absolute atomic E-state index is 11.7. The highest BCUT2D eigenvalue weighted by Crippen LogP contribution is 2.27. The quantitative estimate of drug-likeness (QED) is 0.380. The average Bonchev–Trinajstić information content (AvgIpc) is 2.66. The molecular formula is C10H13N3O7. The number of amides is 1. The van der Waals surface area contributed by atoms with Crippen molar-refractivity contribution in [2.45, 2.75) is 24.5 Å². The minimum atomic E-state index is -1.52. The van der Waals surface area contributed by atoms with Crippen molar-refractivity contribution in [3.63, 3.8) is 0 Å². The van der Waals surface area contributed by atoms with E-state index in [9.17, 15) is 24.6 Å². The predicted molar refractivity (Wildman–Crippen MR) is 62.9 cm³/mol. The van der Waals surface area contributed by atoms with Crippen molar-refractivity contribution in [2.75, 3.05) is 6.61 Å². The molecule has 0 spiro atoms. The van der Waals surface area contributed by atoms with Gasteiger partial charge in [-0.2, -0.15) is 0 Å². The number of aromatic nitrogens is 2. The van der Waals surface area contributed by atoms with Gasteiger partial charge in [-0.25, -0.2) is 4.79 Å². The third kappa shape index (κ3) is 2.25. The third-order valence-corrected chi connectivity index (χ3v) is 3.02. The van der Waals surface area contributed by atoms with Gasteiger partial charge in [-0.3, -0.25) is 19.1 Å². The van der Waals surface area contributed by atoms with Gasteiger partial charge in [0.2, 0.25) is 0 Å². The summed E-state index contributed by atoms with van der Waals surface area (Å²) in [5.41, 5.74) is 2.57. The maximum atomic E-state index is 11.7. The standard InChI is InChI=1S/C10H13N3O7/c11-7(17)3-1-13(10(19)12-8(3)18)9-6(16)5(15)4(2-14)20-9/h1,4-6,9,14-16H,2H2,(H2,11,17)(H,12,18,19)/t4-,5+,6-,9-/m1/s1. The molecule has 10 heteroatoms. The second-order valence-electron chi connectivity index (χ2n) is 4.30. The molecule has 20 heavy (non-hydrogen) atoms. The number of primary amides is 1. The molecule has 4 atom stereocenters. The monoisotopic (exact) mass is 287 g/mol. The summed E-state index contributed by atoms with van der Waals surface area (Å²) >= 11 is 0. The molecular weight excluding hydrogens is 274 g/mol. The molecule has 1 aliphatic rings. The fourth-order valence-corrected chi connectivity index (χ4v) is 1.96. The summed E-state index contributed by atoms with van der Waals surface area (Å²) in [6.45, 7) is -0.574. The molecule has 1 fully saturated rings. The van der Waals surface area contributed by atoms with Crippen LogP contribution in [0.15, 0.2) is 15.8 Å². The lowest BCUT2D eigenvalue weighted by atomic mass is 10.1. The maximum Gasteiger partial charge on any atom is 0.330 e. The number of H-pyrrole nitrogens is 1. The number of nitrogens with zero attached hydrogens (tertiary/aromatic N) is 1. The highest BCUT2D eigenvalue weighted by atomic mass is 16.6. The summed E-state index contributed by atoms with van der Waals surface area (Å²) in [5, 5.41) is 28.3. The second kappa shape index (κ2) is 5.17. The van der Waals surface area contributed by atoms with Crippen molar-refractivity contribution in [1.82, 2.24) is 9.55 Å².